The zero-order valence-electron chi connectivity index (χ0n) is 14.2. The smallest absolute Gasteiger partial charge is 0.302 e. The highest BCUT2D eigenvalue weighted by molar-refractivity contribution is 7.91. The lowest BCUT2D eigenvalue weighted by Crippen LogP contribution is -2.12. The maximum atomic E-state index is 12.5. The van der Waals surface area contributed by atoms with Crippen LogP contribution in [0.15, 0.2) is 59.5 Å². The Morgan fingerprint density at radius 2 is 1.50 bits per heavy atom. The molecule has 3 aromatic carbocycles. The minimum absolute atomic E-state index is 0.0115. The minimum atomic E-state index is -5.26. The van der Waals surface area contributed by atoms with Crippen molar-refractivity contribution in [1.82, 2.24) is 0 Å². The molecule has 0 amide bonds. The second-order valence-electron chi connectivity index (χ2n) is 5.86. The number of hydrogen-bond acceptors (Lipinski definition) is 6. The Balaban J connectivity index is 1.80. The van der Waals surface area contributed by atoms with Gasteiger partial charge in [-0.25, -0.2) is 17.5 Å². The Hall–Kier alpha value is -1.61. The fourth-order valence-electron chi connectivity index (χ4n) is 2.72. The zero-order valence-corrected chi connectivity index (χ0v) is 16.8. The second-order valence-corrected chi connectivity index (χ2v) is 10.8. The summed E-state index contributed by atoms with van der Waals surface area (Å²) in [4.78, 5) is 26.2. The van der Waals surface area contributed by atoms with Gasteiger partial charge in [0.25, 0.3) is 0 Å². The zero-order chi connectivity index (χ0) is 20.6. The molecule has 9 nitrogen and oxygen atoms in total. The van der Waals surface area contributed by atoms with E-state index in [4.69, 9.17) is 9.79 Å². The molecule has 3 N–H and O–H groups in total. The van der Waals surface area contributed by atoms with Crippen molar-refractivity contribution in [3.8, 4) is 0 Å². The van der Waals surface area contributed by atoms with E-state index in [9.17, 15) is 22.4 Å². The monoisotopic (exact) mass is 446 g/mol. The molecule has 0 aromatic heterocycles. The van der Waals surface area contributed by atoms with Gasteiger partial charge in [-0.1, -0.05) is 42.5 Å². The number of phosphoric ester groups is 1. The molecule has 0 saturated carbocycles. The molecule has 1 unspecified atom stereocenters. The van der Waals surface area contributed by atoms with Crippen molar-refractivity contribution >= 4 is 47.0 Å². The summed E-state index contributed by atoms with van der Waals surface area (Å²) in [6.07, 6.45) is 0. The molecular formula is C16H16O9P2S. The Kier molecular flexibility index (Phi) is 5.78. The summed E-state index contributed by atoms with van der Waals surface area (Å²) < 4.78 is 54.8. The van der Waals surface area contributed by atoms with Crippen molar-refractivity contribution in [1.29, 1.82) is 0 Å². The van der Waals surface area contributed by atoms with Gasteiger partial charge < -0.3 is 14.7 Å². The van der Waals surface area contributed by atoms with Crippen LogP contribution in [0.2, 0.25) is 0 Å². The van der Waals surface area contributed by atoms with Crippen LogP contribution in [-0.4, -0.2) is 35.5 Å². The highest BCUT2D eigenvalue weighted by Gasteiger charge is 2.32. The molecule has 1 atom stereocenters. The molecule has 150 valence electrons. The van der Waals surface area contributed by atoms with Gasteiger partial charge in [-0.2, -0.15) is 4.31 Å². The van der Waals surface area contributed by atoms with Gasteiger partial charge in [0.1, 0.15) is 0 Å². The van der Waals surface area contributed by atoms with Crippen molar-refractivity contribution in [3.63, 3.8) is 0 Å². The molecule has 0 heterocycles. The molecule has 0 spiro atoms. The number of sulfone groups is 1. The van der Waals surface area contributed by atoms with Gasteiger partial charge in [-0.3, -0.25) is 4.52 Å². The summed E-state index contributed by atoms with van der Waals surface area (Å²) >= 11 is 0. The van der Waals surface area contributed by atoms with Gasteiger partial charge in [0, 0.05) is 0 Å². The number of phosphoric acid groups is 2. The topological polar surface area (TPSA) is 147 Å². The molecule has 0 radical (unpaired) electrons. The van der Waals surface area contributed by atoms with E-state index in [0.717, 1.165) is 16.2 Å². The van der Waals surface area contributed by atoms with Crippen LogP contribution in [0.25, 0.3) is 21.5 Å². The fourth-order valence-corrected chi connectivity index (χ4v) is 5.55. The van der Waals surface area contributed by atoms with Crippen LogP contribution in [0.4, 0.5) is 0 Å². The third-order valence-electron chi connectivity index (χ3n) is 3.89. The third-order valence-corrected chi connectivity index (χ3v) is 7.75. The predicted molar refractivity (Wildman–Crippen MR) is 102 cm³/mol. The van der Waals surface area contributed by atoms with Crippen LogP contribution in [0.3, 0.4) is 0 Å². The summed E-state index contributed by atoms with van der Waals surface area (Å²) in [7, 11) is -14.2. The van der Waals surface area contributed by atoms with Crippen molar-refractivity contribution in [3.05, 3.63) is 54.6 Å². The molecule has 28 heavy (non-hydrogen) atoms. The lowest BCUT2D eigenvalue weighted by atomic mass is 10.0. The Labute approximate surface area is 160 Å². The van der Waals surface area contributed by atoms with Gasteiger partial charge >= 0.3 is 15.6 Å². The van der Waals surface area contributed by atoms with E-state index >= 15 is 0 Å². The average molecular weight is 446 g/mol. The lowest BCUT2D eigenvalue weighted by molar-refractivity contribution is 0.185. The first kappa shape index (κ1) is 21.1. The summed E-state index contributed by atoms with van der Waals surface area (Å²) in [6, 6.07) is 15.9. The lowest BCUT2D eigenvalue weighted by Gasteiger charge is -2.12. The molecule has 3 rings (SSSR count). The summed E-state index contributed by atoms with van der Waals surface area (Å²) in [5, 5.41) is 3.58. The Morgan fingerprint density at radius 3 is 2.21 bits per heavy atom. The van der Waals surface area contributed by atoms with Gasteiger partial charge in [-0.05, 0) is 33.7 Å². The Morgan fingerprint density at radius 1 is 0.857 bits per heavy atom. The molecule has 0 bridgehead atoms. The number of hydrogen-bond donors (Lipinski definition) is 3. The van der Waals surface area contributed by atoms with E-state index < -0.39 is 37.8 Å². The molecule has 0 aliphatic carbocycles. The first-order valence-corrected chi connectivity index (χ1v) is 12.5. The standard InChI is InChI=1S/C16H16O9P2S/c17-26(18,19)25-27(20,21)24-9-10-28(22,23)14-7-8-16-13(11-14)6-5-12-3-1-2-4-15(12)16/h1-8,11H,9-10H2,(H,20,21)(H2,17,18,19). The SMILES string of the molecule is O=P(O)(O)OP(=O)(O)OCCS(=O)(=O)c1ccc2c(ccc3ccccc32)c1. The van der Waals surface area contributed by atoms with Crippen molar-refractivity contribution in [2.24, 2.45) is 0 Å². The van der Waals surface area contributed by atoms with Gasteiger partial charge in [0.2, 0.25) is 0 Å². The first-order valence-electron chi connectivity index (χ1n) is 7.85. The summed E-state index contributed by atoms with van der Waals surface area (Å²) in [6.45, 7) is -0.786. The van der Waals surface area contributed by atoms with Crippen LogP contribution in [0.1, 0.15) is 0 Å². The van der Waals surface area contributed by atoms with Crippen LogP contribution in [0, 0.1) is 0 Å². The largest absolute Gasteiger partial charge is 0.481 e. The van der Waals surface area contributed by atoms with E-state index in [-0.39, 0.29) is 4.90 Å². The molecule has 0 aliphatic heterocycles. The normalized spacial score (nSPS) is 15.0. The molecule has 0 saturated heterocycles. The number of fused-ring (bicyclic) bond motifs is 3. The van der Waals surface area contributed by atoms with Crippen molar-refractivity contribution in [2.45, 2.75) is 4.90 Å². The highest BCUT2D eigenvalue weighted by atomic mass is 32.2. The van der Waals surface area contributed by atoms with Gasteiger partial charge in [-0.15, -0.1) is 0 Å². The highest BCUT2D eigenvalue weighted by Crippen LogP contribution is 2.57. The molecule has 3 aromatic rings. The molecular weight excluding hydrogens is 430 g/mol. The summed E-state index contributed by atoms with van der Waals surface area (Å²) in [5.74, 6) is -0.679. The fraction of sp³-hybridized carbons (Fsp3) is 0.125. The molecule has 12 heteroatoms. The third kappa shape index (κ3) is 5.05. The van der Waals surface area contributed by atoms with Crippen LogP contribution >= 0.6 is 15.6 Å². The van der Waals surface area contributed by atoms with Crippen molar-refractivity contribution in [2.75, 3.05) is 12.4 Å². The molecule has 0 fully saturated rings. The van der Waals surface area contributed by atoms with E-state index in [0.29, 0.717) is 5.39 Å². The number of benzene rings is 3. The van der Waals surface area contributed by atoms with E-state index in [1.165, 1.54) is 12.1 Å². The van der Waals surface area contributed by atoms with Crippen LogP contribution in [0.5, 0.6) is 0 Å². The van der Waals surface area contributed by atoms with Gasteiger partial charge in [0.05, 0.1) is 17.3 Å². The van der Waals surface area contributed by atoms with Crippen molar-refractivity contribution < 1.29 is 41.1 Å². The van der Waals surface area contributed by atoms with E-state index in [1.807, 2.05) is 30.3 Å². The minimum Gasteiger partial charge on any atom is -0.302 e. The predicted octanol–water partition coefficient (Wildman–Crippen LogP) is 2.99. The quantitative estimate of drug-likeness (QED) is 0.368. The van der Waals surface area contributed by atoms with E-state index in [2.05, 4.69) is 8.83 Å². The summed E-state index contributed by atoms with van der Waals surface area (Å²) in [5.41, 5.74) is 0. The van der Waals surface area contributed by atoms with E-state index in [1.54, 1.807) is 12.1 Å². The number of rotatable bonds is 7. The maximum Gasteiger partial charge on any atom is 0.481 e. The van der Waals surface area contributed by atoms with Crippen LogP contribution < -0.4 is 0 Å². The first-order chi connectivity index (χ1) is 13.0. The van der Waals surface area contributed by atoms with Crippen LogP contribution in [-0.2, 0) is 27.8 Å². The molecule has 0 aliphatic rings. The maximum absolute atomic E-state index is 12.5. The Bertz CT molecular complexity index is 1230. The second kappa shape index (κ2) is 7.67. The average Bonchev–Trinajstić information content (AvgIpc) is 2.58. The van der Waals surface area contributed by atoms with Gasteiger partial charge in [0.15, 0.2) is 9.84 Å².